The minimum atomic E-state index is -0.195. The summed E-state index contributed by atoms with van der Waals surface area (Å²) >= 11 is 0. The van der Waals surface area contributed by atoms with Crippen molar-refractivity contribution in [2.24, 2.45) is 0 Å². The molecule has 5 nitrogen and oxygen atoms in total. The molecule has 72 heavy (non-hydrogen) atoms. The lowest BCUT2D eigenvalue weighted by Crippen LogP contribution is -2.57. The Morgan fingerprint density at radius 2 is 0.653 bits per heavy atom. The SMILES string of the molecule is c1ccc(-c2ccc(-n3c4ccccc4c4c5c(ccc43)B3c4ccc6c(c4Oc4c3c(cc3c4c4ccccc4n3-c3ccccc3)O5)c3ccccc3n6-c3ccc(-c4ccccc4)cc3)cc2)cc1. The van der Waals surface area contributed by atoms with Crippen LogP contribution in [-0.2, 0) is 0 Å². The number of para-hydroxylation sites is 4. The molecule has 0 radical (unpaired) electrons. The predicted molar refractivity (Wildman–Crippen MR) is 298 cm³/mol. The van der Waals surface area contributed by atoms with E-state index in [9.17, 15) is 0 Å². The van der Waals surface area contributed by atoms with Crippen molar-refractivity contribution in [1.82, 2.24) is 13.7 Å². The van der Waals surface area contributed by atoms with Crippen molar-refractivity contribution in [3.8, 4) is 62.3 Å². The Hall–Kier alpha value is -9.52. The molecule has 2 aliphatic rings. The van der Waals surface area contributed by atoms with Crippen molar-refractivity contribution >= 4 is 88.5 Å². The van der Waals surface area contributed by atoms with Gasteiger partial charge < -0.3 is 23.2 Å². The fraction of sp³-hybridized carbons (Fsp3) is 0. The van der Waals surface area contributed by atoms with Gasteiger partial charge in [-0.15, -0.1) is 0 Å². The molecule has 0 unspecified atom stereocenters. The van der Waals surface area contributed by atoms with Crippen molar-refractivity contribution in [1.29, 1.82) is 0 Å². The van der Waals surface area contributed by atoms with E-state index in [-0.39, 0.29) is 6.71 Å². The first-order chi connectivity index (χ1) is 35.7. The third kappa shape index (κ3) is 5.49. The molecule has 11 aromatic carbocycles. The lowest BCUT2D eigenvalue weighted by atomic mass is 9.34. The van der Waals surface area contributed by atoms with E-state index in [4.69, 9.17) is 9.47 Å². The molecule has 0 N–H and O–H groups in total. The number of ether oxygens (including phenoxy) is 2. The van der Waals surface area contributed by atoms with Gasteiger partial charge in [0.2, 0.25) is 0 Å². The molecule has 0 saturated heterocycles. The first-order valence-corrected chi connectivity index (χ1v) is 24.7. The summed E-state index contributed by atoms with van der Waals surface area (Å²) in [7, 11) is 0. The minimum absolute atomic E-state index is 0.195. The highest BCUT2D eigenvalue weighted by molar-refractivity contribution is 6.99. The van der Waals surface area contributed by atoms with Crippen LogP contribution in [0.1, 0.15) is 0 Å². The normalized spacial score (nSPS) is 12.6. The van der Waals surface area contributed by atoms with E-state index in [2.05, 4.69) is 256 Å². The Bertz CT molecular complexity index is 4520. The Morgan fingerprint density at radius 3 is 1.14 bits per heavy atom. The topological polar surface area (TPSA) is 33.2 Å². The number of nitrogens with zero attached hydrogens (tertiary/aromatic N) is 3. The second-order valence-corrected chi connectivity index (χ2v) is 19.1. The zero-order valence-electron chi connectivity index (χ0n) is 38.8. The van der Waals surface area contributed by atoms with Gasteiger partial charge in [0.15, 0.2) is 0 Å². The van der Waals surface area contributed by atoms with Gasteiger partial charge in [-0.05, 0) is 99.9 Å². The minimum Gasteiger partial charge on any atom is -0.457 e. The van der Waals surface area contributed by atoms with E-state index in [0.29, 0.717) is 0 Å². The summed E-state index contributed by atoms with van der Waals surface area (Å²) in [5.41, 5.74) is 17.9. The van der Waals surface area contributed by atoms with Crippen LogP contribution in [0.25, 0.3) is 105 Å². The molecule has 0 amide bonds. The van der Waals surface area contributed by atoms with E-state index in [1.54, 1.807) is 0 Å². The summed E-state index contributed by atoms with van der Waals surface area (Å²) in [5.74, 6) is 3.40. The fourth-order valence-corrected chi connectivity index (χ4v) is 12.3. The van der Waals surface area contributed by atoms with E-state index in [0.717, 1.165) is 122 Å². The molecule has 6 heteroatoms. The molecule has 2 aliphatic heterocycles. The summed E-state index contributed by atoms with van der Waals surface area (Å²) in [6.45, 7) is -0.195. The number of benzene rings is 11. The first-order valence-electron chi connectivity index (χ1n) is 24.7. The maximum absolute atomic E-state index is 7.71. The van der Waals surface area contributed by atoms with Crippen LogP contribution in [0.4, 0.5) is 0 Å². The largest absolute Gasteiger partial charge is 0.457 e. The molecule has 5 heterocycles. The summed E-state index contributed by atoms with van der Waals surface area (Å²) in [4.78, 5) is 0. The van der Waals surface area contributed by atoms with E-state index in [1.807, 2.05) is 0 Å². The molecular weight excluding hydrogens is 878 g/mol. The Morgan fingerprint density at radius 1 is 0.278 bits per heavy atom. The van der Waals surface area contributed by atoms with Crippen LogP contribution in [0.2, 0.25) is 0 Å². The Labute approximate surface area is 414 Å². The molecule has 0 spiro atoms. The molecule has 334 valence electrons. The molecule has 0 bridgehead atoms. The zero-order valence-corrected chi connectivity index (χ0v) is 38.8. The second kappa shape index (κ2) is 15.0. The molecule has 0 aliphatic carbocycles. The third-order valence-electron chi connectivity index (χ3n) is 15.4. The van der Waals surface area contributed by atoms with Crippen molar-refractivity contribution in [2.45, 2.75) is 0 Å². The van der Waals surface area contributed by atoms with Crippen LogP contribution in [0.5, 0.6) is 23.0 Å². The lowest BCUT2D eigenvalue weighted by molar-refractivity contribution is 0.474. The Balaban J connectivity index is 0.979. The van der Waals surface area contributed by atoms with Crippen LogP contribution in [-0.4, -0.2) is 20.4 Å². The highest BCUT2D eigenvalue weighted by Crippen LogP contribution is 2.49. The monoisotopic (exact) mass is 917 g/mol. The molecular formula is C66H40BN3O2. The molecule has 0 atom stereocenters. The van der Waals surface area contributed by atoms with Crippen LogP contribution in [0, 0.1) is 0 Å². The van der Waals surface area contributed by atoms with Crippen LogP contribution in [0.3, 0.4) is 0 Å². The van der Waals surface area contributed by atoms with Gasteiger partial charge in [-0.3, -0.25) is 0 Å². The predicted octanol–water partition coefficient (Wildman–Crippen LogP) is 15.0. The van der Waals surface area contributed by atoms with E-state index in [1.165, 1.54) is 22.3 Å². The van der Waals surface area contributed by atoms with Crippen molar-refractivity contribution in [3.63, 3.8) is 0 Å². The highest BCUT2D eigenvalue weighted by Gasteiger charge is 2.44. The van der Waals surface area contributed by atoms with Gasteiger partial charge in [-0.25, -0.2) is 0 Å². The van der Waals surface area contributed by atoms with E-state index < -0.39 is 0 Å². The van der Waals surface area contributed by atoms with Crippen LogP contribution < -0.4 is 25.9 Å². The number of aromatic nitrogens is 3. The second-order valence-electron chi connectivity index (χ2n) is 19.1. The van der Waals surface area contributed by atoms with Gasteiger partial charge >= 0.3 is 0 Å². The standard InChI is InChI=1S/C66H40BN3O2/c1-4-16-41(17-5-1)43-28-32-46(33-29-43)68-53-25-13-10-22-48(53)60-56(68)38-36-51-64(60)71-59-40-58-62(50-24-12-15-27-55(50)70(58)45-20-8-3-9-21-45)66-63(59)67(51)52-37-39-57-61(65(52)72-66)49-23-11-14-26-54(49)69(57)47-34-30-44(31-35-47)42-18-6-2-7-19-42/h1-40H. The number of fused-ring (bicyclic) bond motifs is 16. The average Bonchev–Trinajstić information content (AvgIpc) is 4.10. The number of rotatable bonds is 5. The van der Waals surface area contributed by atoms with Crippen molar-refractivity contribution in [2.75, 3.05) is 0 Å². The highest BCUT2D eigenvalue weighted by atomic mass is 16.5. The summed E-state index contributed by atoms with van der Waals surface area (Å²) in [6, 6.07) is 87.5. The number of hydrogen-bond acceptors (Lipinski definition) is 2. The van der Waals surface area contributed by atoms with Crippen LogP contribution in [0.15, 0.2) is 243 Å². The van der Waals surface area contributed by atoms with Gasteiger partial charge in [0.25, 0.3) is 6.71 Å². The maximum atomic E-state index is 7.71. The van der Waals surface area contributed by atoms with Crippen LogP contribution >= 0.6 is 0 Å². The van der Waals surface area contributed by atoms with Crippen molar-refractivity contribution in [3.05, 3.63) is 243 Å². The lowest BCUT2D eigenvalue weighted by Gasteiger charge is -2.34. The molecule has 0 fully saturated rings. The van der Waals surface area contributed by atoms with Gasteiger partial charge in [0.05, 0.1) is 49.3 Å². The van der Waals surface area contributed by atoms with Gasteiger partial charge in [-0.1, -0.05) is 170 Å². The summed E-state index contributed by atoms with van der Waals surface area (Å²) in [5, 5.41) is 6.68. The Kier molecular flexibility index (Phi) is 8.19. The van der Waals surface area contributed by atoms with Gasteiger partial charge in [0.1, 0.15) is 23.0 Å². The van der Waals surface area contributed by atoms with Gasteiger partial charge in [-0.2, -0.15) is 0 Å². The quantitative estimate of drug-likeness (QED) is 0.161. The molecule has 14 aromatic rings. The molecule has 0 saturated carbocycles. The average molecular weight is 918 g/mol. The van der Waals surface area contributed by atoms with Gasteiger partial charge in [0, 0.05) is 44.8 Å². The smallest absolute Gasteiger partial charge is 0.260 e. The fourth-order valence-electron chi connectivity index (χ4n) is 12.3. The summed E-state index contributed by atoms with van der Waals surface area (Å²) < 4.78 is 22.4. The van der Waals surface area contributed by atoms with E-state index >= 15 is 0 Å². The first kappa shape index (κ1) is 39.3. The summed E-state index contributed by atoms with van der Waals surface area (Å²) in [6.07, 6.45) is 0. The molecule has 16 rings (SSSR count). The van der Waals surface area contributed by atoms with Crippen molar-refractivity contribution < 1.29 is 9.47 Å². The molecule has 3 aromatic heterocycles. The maximum Gasteiger partial charge on any atom is 0.260 e. The zero-order chi connectivity index (χ0) is 47.0. The third-order valence-corrected chi connectivity index (χ3v) is 15.4. The number of hydrogen-bond donors (Lipinski definition) is 0.